The second-order valence-electron chi connectivity index (χ2n) is 4.25. The van der Waals surface area contributed by atoms with E-state index in [9.17, 15) is 5.11 Å². The van der Waals surface area contributed by atoms with Crippen molar-refractivity contribution in [3.63, 3.8) is 0 Å². The minimum Gasteiger partial charge on any atom is -0.495 e. The van der Waals surface area contributed by atoms with E-state index in [0.29, 0.717) is 6.61 Å². The van der Waals surface area contributed by atoms with Crippen LogP contribution in [0.15, 0.2) is 11.8 Å². The van der Waals surface area contributed by atoms with Crippen molar-refractivity contribution in [2.75, 3.05) is 20.7 Å². The molecule has 2 unspecified atom stereocenters. The van der Waals surface area contributed by atoms with Crippen LogP contribution in [-0.4, -0.2) is 42.4 Å². The average molecular weight is 199 g/mol. The molecule has 0 radical (unpaired) electrons. The molecule has 3 heteroatoms. The van der Waals surface area contributed by atoms with Gasteiger partial charge in [-0.1, -0.05) is 6.92 Å². The van der Waals surface area contributed by atoms with E-state index in [1.165, 1.54) is 0 Å². The Labute approximate surface area is 86.4 Å². The maximum absolute atomic E-state index is 10.2. The van der Waals surface area contributed by atoms with Crippen molar-refractivity contribution in [3.05, 3.63) is 11.8 Å². The smallest absolute Gasteiger partial charge is 0.129 e. The summed E-state index contributed by atoms with van der Waals surface area (Å²) in [7, 11) is 3.98. The van der Waals surface area contributed by atoms with Gasteiger partial charge >= 0.3 is 0 Å². The number of hydrogen-bond acceptors (Lipinski definition) is 3. The third-order valence-corrected chi connectivity index (χ3v) is 3.33. The first-order valence-corrected chi connectivity index (χ1v) is 5.20. The van der Waals surface area contributed by atoms with Crippen LogP contribution < -0.4 is 0 Å². The van der Waals surface area contributed by atoms with Crippen LogP contribution in [0.1, 0.15) is 26.7 Å². The number of aliphatic hydroxyl groups excluding tert-OH is 1. The molecule has 1 N–H and O–H groups in total. The summed E-state index contributed by atoms with van der Waals surface area (Å²) >= 11 is 0. The van der Waals surface area contributed by atoms with Gasteiger partial charge in [-0.2, -0.15) is 0 Å². The highest BCUT2D eigenvalue weighted by Crippen LogP contribution is 2.28. The van der Waals surface area contributed by atoms with Crippen LogP contribution in [0.25, 0.3) is 0 Å². The van der Waals surface area contributed by atoms with Gasteiger partial charge in [0, 0.05) is 6.42 Å². The average Bonchev–Trinajstić information content (AvgIpc) is 2.67. The molecule has 1 aliphatic rings. The Morgan fingerprint density at radius 2 is 2.29 bits per heavy atom. The van der Waals surface area contributed by atoms with Gasteiger partial charge < -0.3 is 14.7 Å². The highest BCUT2D eigenvalue weighted by molar-refractivity contribution is 5.11. The second-order valence-corrected chi connectivity index (χ2v) is 4.25. The molecular weight excluding hydrogens is 178 g/mol. The second kappa shape index (κ2) is 4.32. The van der Waals surface area contributed by atoms with Gasteiger partial charge in [0.05, 0.1) is 12.1 Å². The Morgan fingerprint density at radius 3 is 2.64 bits per heavy atom. The Morgan fingerprint density at radius 1 is 1.64 bits per heavy atom. The van der Waals surface area contributed by atoms with Crippen molar-refractivity contribution >= 4 is 0 Å². The molecule has 0 bridgehead atoms. The highest BCUT2D eigenvalue weighted by atomic mass is 16.5. The lowest BCUT2D eigenvalue weighted by atomic mass is 9.89. The number of ether oxygens (including phenoxy) is 1. The molecule has 0 aliphatic carbocycles. The summed E-state index contributed by atoms with van der Waals surface area (Å²) in [5.41, 5.74) is -0.240. The van der Waals surface area contributed by atoms with E-state index in [-0.39, 0.29) is 5.54 Å². The van der Waals surface area contributed by atoms with E-state index in [1.807, 2.05) is 20.2 Å². The van der Waals surface area contributed by atoms with Crippen LogP contribution >= 0.6 is 0 Å². The number of hydrogen-bond donors (Lipinski definition) is 1. The van der Waals surface area contributed by atoms with Gasteiger partial charge in [0.15, 0.2) is 0 Å². The Bertz CT molecular complexity index is 225. The molecule has 14 heavy (non-hydrogen) atoms. The fourth-order valence-corrected chi connectivity index (χ4v) is 1.69. The number of likely N-dealkylation sites (N-methyl/N-ethyl adjacent to an activating group) is 1. The fourth-order valence-electron chi connectivity index (χ4n) is 1.69. The quantitative estimate of drug-likeness (QED) is 0.742. The van der Waals surface area contributed by atoms with Crippen LogP contribution in [0.2, 0.25) is 0 Å². The lowest BCUT2D eigenvalue weighted by Gasteiger charge is -2.39. The normalized spacial score (nSPS) is 22.9. The zero-order valence-electron chi connectivity index (χ0n) is 9.58. The van der Waals surface area contributed by atoms with Crippen LogP contribution in [0.3, 0.4) is 0 Å². The Kier molecular flexibility index (Phi) is 3.56. The maximum atomic E-state index is 10.2. The zero-order chi connectivity index (χ0) is 10.8. The van der Waals surface area contributed by atoms with E-state index >= 15 is 0 Å². The summed E-state index contributed by atoms with van der Waals surface area (Å²) in [4.78, 5) is 2.06. The van der Waals surface area contributed by atoms with Crippen LogP contribution in [0.4, 0.5) is 0 Å². The van der Waals surface area contributed by atoms with Crippen LogP contribution in [-0.2, 0) is 4.74 Å². The third-order valence-electron chi connectivity index (χ3n) is 3.33. The summed E-state index contributed by atoms with van der Waals surface area (Å²) in [5, 5.41) is 10.2. The summed E-state index contributed by atoms with van der Waals surface area (Å²) in [5.74, 6) is 0.739. The fraction of sp³-hybridized carbons (Fsp3) is 0.818. The van der Waals surface area contributed by atoms with Gasteiger partial charge in [-0.15, -0.1) is 0 Å². The zero-order valence-corrected chi connectivity index (χ0v) is 9.58. The molecule has 3 nitrogen and oxygen atoms in total. The predicted octanol–water partition coefficient (Wildman–Crippen LogP) is 1.38. The largest absolute Gasteiger partial charge is 0.495 e. The predicted molar refractivity (Wildman–Crippen MR) is 57.0 cm³/mol. The molecule has 0 aromatic rings. The van der Waals surface area contributed by atoms with Crippen molar-refractivity contribution in [3.8, 4) is 0 Å². The molecule has 82 valence electrons. The van der Waals surface area contributed by atoms with Crippen molar-refractivity contribution in [2.24, 2.45) is 0 Å². The van der Waals surface area contributed by atoms with Gasteiger partial charge in [0.1, 0.15) is 11.9 Å². The van der Waals surface area contributed by atoms with Gasteiger partial charge in [0.2, 0.25) is 0 Å². The summed E-state index contributed by atoms with van der Waals surface area (Å²) < 4.78 is 5.40. The van der Waals surface area contributed by atoms with Gasteiger partial charge in [0.25, 0.3) is 0 Å². The molecule has 0 spiro atoms. The minimum atomic E-state index is -0.523. The first-order chi connectivity index (χ1) is 6.52. The van der Waals surface area contributed by atoms with Gasteiger partial charge in [-0.3, -0.25) is 0 Å². The van der Waals surface area contributed by atoms with Crippen LogP contribution in [0, 0.1) is 0 Å². The first-order valence-electron chi connectivity index (χ1n) is 5.20. The number of nitrogens with zero attached hydrogens (tertiary/aromatic N) is 1. The summed E-state index contributed by atoms with van der Waals surface area (Å²) in [6.07, 6.45) is 3.27. The molecule has 0 aromatic heterocycles. The SMILES string of the molecule is CCC(C)(C(O)C1=CCCO1)N(C)C. The Hall–Kier alpha value is -0.540. The molecule has 0 aromatic carbocycles. The molecule has 1 heterocycles. The highest BCUT2D eigenvalue weighted by Gasteiger charge is 2.37. The molecule has 1 aliphatic heterocycles. The molecule has 0 saturated heterocycles. The van der Waals surface area contributed by atoms with Crippen LogP contribution in [0.5, 0.6) is 0 Å². The standard InChI is InChI=1S/C11H21NO2/c1-5-11(2,12(3)4)10(13)9-7-6-8-14-9/h7,10,13H,5-6,8H2,1-4H3. The van der Waals surface area contributed by atoms with Crippen molar-refractivity contribution in [2.45, 2.75) is 38.3 Å². The molecule has 0 saturated carbocycles. The minimum absolute atomic E-state index is 0.240. The van der Waals surface area contributed by atoms with E-state index in [4.69, 9.17) is 4.74 Å². The molecule has 0 fully saturated rings. The molecule has 2 atom stereocenters. The topological polar surface area (TPSA) is 32.7 Å². The molecule has 1 rings (SSSR count). The van der Waals surface area contributed by atoms with E-state index < -0.39 is 6.10 Å². The summed E-state index contributed by atoms with van der Waals surface area (Å²) in [6, 6.07) is 0. The van der Waals surface area contributed by atoms with Gasteiger partial charge in [-0.05, 0) is 33.5 Å². The first kappa shape index (κ1) is 11.5. The lowest BCUT2D eigenvalue weighted by molar-refractivity contribution is -0.00656. The number of rotatable bonds is 4. The number of aliphatic hydroxyl groups is 1. The van der Waals surface area contributed by atoms with Crippen molar-refractivity contribution in [1.29, 1.82) is 0 Å². The Balaban J connectivity index is 2.78. The maximum Gasteiger partial charge on any atom is 0.129 e. The van der Waals surface area contributed by atoms with Gasteiger partial charge in [-0.25, -0.2) is 0 Å². The monoisotopic (exact) mass is 199 g/mol. The summed E-state index contributed by atoms with van der Waals surface area (Å²) in [6.45, 7) is 4.85. The van der Waals surface area contributed by atoms with E-state index in [0.717, 1.165) is 18.6 Å². The molecule has 0 amide bonds. The van der Waals surface area contributed by atoms with E-state index in [1.54, 1.807) is 0 Å². The van der Waals surface area contributed by atoms with Crippen molar-refractivity contribution < 1.29 is 9.84 Å². The van der Waals surface area contributed by atoms with E-state index in [2.05, 4.69) is 18.7 Å². The lowest BCUT2D eigenvalue weighted by Crippen LogP contribution is -2.51. The third kappa shape index (κ3) is 1.93. The van der Waals surface area contributed by atoms with Crippen molar-refractivity contribution in [1.82, 2.24) is 4.90 Å². The molecular formula is C11H21NO2.